The average molecular weight is 387 g/mol. The number of carbonyl (C=O) groups is 2. The van der Waals surface area contributed by atoms with E-state index >= 15 is 0 Å². The van der Waals surface area contributed by atoms with Crippen molar-refractivity contribution >= 4 is 29.1 Å². The van der Waals surface area contributed by atoms with Crippen LogP contribution in [-0.4, -0.2) is 33.9 Å². The first kappa shape index (κ1) is 19.5. The second-order valence-electron chi connectivity index (χ2n) is 6.70. The Kier molecular flexibility index (Phi) is 5.69. The zero-order valence-electron chi connectivity index (χ0n) is 15.1. The molecule has 1 fully saturated rings. The van der Waals surface area contributed by atoms with Gasteiger partial charge in [-0.05, 0) is 31.0 Å². The predicted molar refractivity (Wildman–Crippen MR) is 103 cm³/mol. The van der Waals surface area contributed by atoms with Crippen LogP contribution in [0.1, 0.15) is 46.5 Å². The molecule has 0 saturated heterocycles. The van der Waals surface area contributed by atoms with E-state index in [0.29, 0.717) is 5.69 Å². The minimum atomic E-state index is -0.848. The topological polar surface area (TPSA) is 162 Å². The number of halogens is 1. The van der Waals surface area contributed by atoms with Crippen molar-refractivity contribution < 1.29 is 14.0 Å². The maximum absolute atomic E-state index is 14.5. The number of rotatable bonds is 6. The largest absolute Gasteiger partial charge is 0.365 e. The Morgan fingerprint density at radius 1 is 1.11 bits per heavy atom. The lowest BCUT2D eigenvalue weighted by atomic mass is 9.91. The zero-order chi connectivity index (χ0) is 20.3. The van der Waals surface area contributed by atoms with E-state index in [9.17, 15) is 14.0 Å². The van der Waals surface area contributed by atoms with Gasteiger partial charge in [-0.15, -0.1) is 0 Å². The number of amides is 2. The zero-order valence-corrected chi connectivity index (χ0v) is 15.1. The normalized spacial score (nSPS) is 19.1. The number of nitrogens with two attached hydrogens (primary N) is 3. The number of hydrogen-bond acceptors (Lipinski definition) is 7. The molecule has 28 heavy (non-hydrogen) atoms. The van der Waals surface area contributed by atoms with E-state index in [1.165, 1.54) is 12.3 Å². The molecule has 10 heteroatoms. The van der Waals surface area contributed by atoms with Crippen molar-refractivity contribution in [2.75, 3.05) is 10.6 Å². The highest BCUT2D eigenvalue weighted by Gasteiger charge is 2.24. The van der Waals surface area contributed by atoms with Gasteiger partial charge in [0.2, 0.25) is 0 Å². The van der Waals surface area contributed by atoms with Crippen LogP contribution in [0.3, 0.4) is 0 Å². The standard InChI is InChI=1S/C18H22FN7O2/c19-11-8-10(15(21)27)17(24-9-5-6-23-14(7-9)16(22)28)26-18(11)25-13-4-2-1-3-12(13)20/h5-8,12-13H,1-4,20H2,(H2,21,27)(H2,22,28)(H2,23,24,25,26)/t12-,13?/m0/s1. The van der Waals surface area contributed by atoms with Gasteiger partial charge in [0, 0.05) is 24.0 Å². The molecule has 0 aromatic carbocycles. The molecule has 1 saturated carbocycles. The monoisotopic (exact) mass is 387 g/mol. The van der Waals surface area contributed by atoms with Crippen molar-refractivity contribution in [3.63, 3.8) is 0 Å². The number of pyridine rings is 2. The summed E-state index contributed by atoms with van der Waals surface area (Å²) in [6.07, 6.45) is 5.04. The Labute approximate surface area is 160 Å². The molecule has 1 aliphatic rings. The van der Waals surface area contributed by atoms with Crippen molar-refractivity contribution in [2.45, 2.75) is 37.8 Å². The van der Waals surface area contributed by atoms with E-state index in [2.05, 4.69) is 20.6 Å². The number of aromatic nitrogens is 2. The Morgan fingerprint density at radius 3 is 2.54 bits per heavy atom. The second-order valence-corrected chi connectivity index (χ2v) is 6.70. The van der Waals surface area contributed by atoms with Crippen molar-refractivity contribution in [1.29, 1.82) is 0 Å². The molecule has 3 rings (SSSR count). The van der Waals surface area contributed by atoms with Crippen LogP contribution in [0.5, 0.6) is 0 Å². The van der Waals surface area contributed by atoms with Crippen molar-refractivity contribution in [2.24, 2.45) is 17.2 Å². The summed E-state index contributed by atoms with van der Waals surface area (Å²) < 4.78 is 14.5. The molecule has 2 aromatic rings. The van der Waals surface area contributed by atoms with Gasteiger partial charge in [-0.25, -0.2) is 9.37 Å². The molecule has 148 valence electrons. The SMILES string of the molecule is NC(=O)c1cc(Nc2nc(NC3CCCC[C@@H]3N)c(F)cc2C(N)=O)ccn1. The summed E-state index contributed by atoms with van der Waals surface area (Å²) in [5.41, 5.74) is 17.0. The minimum absolute atomic E-state index is 0.0271. The lowest BCUT2D eigenvalue weighted by molar-refractivity contribution is 0.0989. The molecule has 2 atom stereocenters. The molecule has 0 aliphatic heterocycles. The molecule has 2 amide bonds. The third-order valence-electron chi connectivity index (χ3n) is 4.66. The first-order chi connectivity index (χ1) is 13.3. The summed E-state index contributed by atoms with van der Waals surface area (Å²) in [6.45, 7) is 0. The first-order valence-corrected chi connectivity index (χ1v) is 8.90. The smallest absolute Gasteiger partial charge is 0.267 e. The summed E-state index contributed by atoms with van der Waals surface area (Å²) in [5.74, 6) is -2.25. The number of nitrogens with one attached hydrogen (secondary N) is 2. The summed E-state index contributed by atoms with van der Waals surface area (Å²) in [6, 6.07) is 3.73. The van der Waals surface area contributed by atoms with Crippen LogP contribution in [0.2, 0.25) is 0 Å². The van der Waals surface area contributed by atoms with E-state index in [1.54, 1.807) is 6.07 Å². The summed E-state index contributed by atoms with van der Waals surface area (Å²) in [4.78, 5) is 31.1. The highest BCUT2D eigenvalue weighted by atomic mass is 19.1. The quantitative estimate of drug-likeness (QED) is 0.498. The van der Waals surface area contributed by atoms with E-state index in [4.69, 9.17) is 17.2 Å². The van der Waals surface area contributed by atoms with Gasteiger partial charge in [-0.1, -0.05) is 12.8 Å². The van der Waals surface area contributed by atoms with Gasteiger partial charge in [0.15, 0.2) is 11.6 Å². The van der Waals surface area contributed by atoms with Gasteiger partial charge in [-0.3, -0.25) is 14.6 Å². The third-order valence-corrected chi connectivity index (χ3v) is 4.66. The van der Waals surface area contributed by atoms with Gasteiger partial charge in [0.05, 0.1) is 5.56 Å². The maximum Gasteiger partial charge on any atom is 0.267 e. The molecule has 0 bridgehead atoms. The number of carbonyl (C=O) groups excluding carboxylic acids is 2. The number of hydrogen-bond donors (Lipinski definition) is 5. The highest BCUT2D eigenvalue weighted by Crippen LogP contribution is 2.26. The molecule has 2 aromatic heterocycles. The van der Waals surface area contributed by atoms with E-state index in [-0.39, 0.29) is 35.0 Å². The van der Waals surface area contributed by atoms with Crippen LogP contribution in [-0.2, 0) is 0 Å². The Hall–Kier alpha value is -3.27. The molecule has 0 spiro atoms. The van der Waals surface area contributed by atoms with E-state index < -0.39 is 17.6 Å². The third kappa shape index (κ3) is 4.34. The molecular formula is C18H22FN7O2. The molecule has 8 N–H and O–H groups in total. The van der Waals surface area contributed by atoms with Crippen LogP contribution in [0.4, 0.5) is 21.7 Å². The van der Waals surface area contributed by atoms with Crippen LogP contribution in [0.15, 0.2) is 24.4 Å². The summed E-state index contributed by atoms with van der Waals surface area (Å²) >= 11 is 0. The lowest BCUT2D eigenvalue weighted by Gasteiger charge is -2.30. The first-order valence-electron chi connectivity index (χ1n) is 8.90. The number of anilines is 3. The Morgan fingerprint density at radius 2 is 1.86 bits per heavy atom. The molecule has 9 nitrogen and oxygen atoms in total. The number of primary amides is 2. The van der Waals surface area contributed by atoms with Gasteiger partial charge in [0.1, 0.15) is 11.5 Å². The van der Waals surface area contributed by atoms with Gasteiger partial charge in [0.25, 0.3) is 11.8 Å². The maximum atomic E-state index is 14.5. The van der Waals surface area contributed by atoms with Gasteiger partial charge >= 0.3 is 0 Å². The van der Waals surface area contributed by atoms with Crippen LogP contribution < -0.4 is 27.8 Å². The second kappa shape index (κ2) is 8.17. The Bertz CT molecular complexity index is 905. The fourth-order valence-corrected chi connectivity index (χ4v) is 3.17. The van der Waals surface area contributed by atoms with Crippen LogP contribution in [0, 0.1) is 5.82 Å². The molecule has 1 unspecified atom stereocenters. The Balaban J connectivity index is 1.93. The fourth-order valence-electron chi connectivity index (χ4n) is 3.17. The van der Waals surface area contributed by atoms with Crippen LogP contribution in [0.25, 0.3) is 0 Å². The lowest BCUT2D eigenvalue weighted by Crippen LogP contribution is -2.43. The van der Waals surface area contributed by atoms with E-state index in [1.807, 2.05) is 0 Å². The summed E-state index contributed by atoms with van der Waals surface area (Å²) in [7, 11) is 0. The predicted octanol–water partition coefficient (Wildman–Crippen LogP) is 1.24. The van der Waals surface area contributed by atoms with E-state index in [0.717, 1.165) is 31.7 Å². The summed E-state index contributed by atoms with van der Waals surface area (Å²) in [5, 5.41) is 5.90. The van der Waals surface area contributed by atoms with Crippen molar-refractivity contribution in [3.8, 4) is 0 Å². The van der Waals surface area contributed by atoms with Crippen LogP contribution >= 0.6 is 0 Å². The minimum Gasteiger partial charge on any atom is -0.365 e. The molecule has 2 heterocycles. The van der Waals surface area contributed by atoms with Gasteiger partial charge in [-0.2, -0.15) is 0 Å². The molecule has 0 radical (unpaired) electrons. The van der Waals surface area contributed by atoms with Crippen molar-refractivity contribution in [1.82, 2.24) is 9.97 Å². The molecular weight excluding hydrogens is 365 g/mol. The van der Waals surface area contributed by atoms with Gasteiger partial charge < -0.3 is 27.8 Å². The average Bonchev–Trinajstić information content (AvgIpc) is 2.66. The van der Waals surface area contributed by atoms with Crippen molar-refractivity contribution in [3.05, 3.63) is 41.5 Å². The fraction of sp³-hybridized carbons (Fsp3) is 0.333. The molecule has 1 aliphatic carbocycles. The highest BCUT2D eigenvalue weighted by molar-refractivity contribution is 5.99. The number of nitrogens with zero attached hydrogens (tertiary/aromatic N) is 2.